The summed E-state index contributed by atoms with van der Waals surface area (Å²) >= 11 is 5.91. The molecule has 1 N–H and O–H groups in total. The topological polar surface area (TPSA) is 94.1 Å². The van der Waals surface area contributed by atoms with Gasteiger partial charge in [-0.2, -0.15) is 13.5 Å². The second kappa shape index (κ2) is 8.68. The summed E-state index contributed by atoms with van der Waals surface area (Å²) in [5.41, 5.74) is 4.09. The molecule has 0 heterocycles. The van der Waals surface area contributed by atoms with Gasteiger partial charge in [0.05, 0.1) is 18.6 Å². The van der Waals surface area contributed by atoms with Gasteiger partial charge >= 0.3 is 16.2 Å². The van der Waals surface area contributed by atoms with Crippen molar-refractivity contribution in [1.82, 2.24) is 5.43 Å². The number of carbonyl (C=O) groups is 1. The summed E-state index contributed by atoms with van der Waals surface area (Å²) in [7, 11) is -3.61. The van der Waals surface area contributed by atoms with Gasteiger partial charge in [0.15, 0.2) is 0 Å². The Kier molecular flexibility index (Phi) is 6.59. The van der Waals surface area contributed by atoms with Crippen LogP contribution in [0.1, 0.15) is 18.1 Å². The molecule has 0 aromatic heterocycles. The Hall–Kier alpha value is -2.58. The van der Waals surface area contributed by atoms with Crippen LogP contribution >= 0.6 is 11.6 Å². The fraction of sp³-hybridized carbons (Fsp3) is 0.176. The van der Waals surface area contributed by atoms with Crippen LogP contribution in [0.4, 0.5) is 4.79 Å². The number of ether oxygens (including phenoxy) is 1. The molecular formula is C17H17ClN2O5S. The highest BCUT2D eigenvalue weighted by atomic mass is 35.5. The minimum atomic E-state index is -3.61. The standard InChI is InChI=1S/C17H17ClN2O5S/c1-3-24-17(21)20-19-16(12-4-8-14(18)9-5-12)13-6-10-15(11-7-13)25-26(2,22)23/h4-11H,3H2,1-2H3,(H,20,21)/b19-16+. The molecule has 0 aliphatic carbocycles. The Morgan fingerprint density at radius 3 is 2.12 bits per heavy atom. The molecule has 1 amide bonds. The van der Waals surface area contributed by atoms with E-state index in [1.165, 1.54) is 12.1 Å². The Balaban J connectivity index is 2.35. The maximum Gasteiger partial charge on any atom is 0.427 e. The third-order valence-electron chi connectivity index (χ3n) is 3.03. The maximum absolute atomic E-state index is 11.5. The zero-order valence-corrected chi connectivity index (χ0v) is 15.7. The third kappa shape index (κ3) is 6.05. The highest BCUT2D eigenvalue weighted by molar-refractivity contribution is 7.86. The molecule has 0 atom stereocenters. The van der Waals surface area contributed by atoms with Crippen molar-refractivity contribution in [2.24, 2.45) is 5.10 Å². The van der Waals surface area contributed by atoms with Crippen molar-refractivity contribution < 1.29 is 22.1 Å². The molecule has 0 radical (unpaired) electrons. The van der Waals surface area contributed by atoms with Gasteiger partial charge in [-0.15, -0.1) is 0 Å². The molecule has 2 aromatic rings. The molecule has 0 fully saturated rings. The van der Waals surface area contributed by atoms with Crippen molar-refractivity contribution in [3.05, 3.63) is 64.7 Å². The van der Waals surface area contributed by atoms with E-state index in [2.05, 4.69) is 10.5 Å². The molecule has 9 heteroatoms. The normalized spacial score (nSPS) is 11.7. The average Bonchev–Trinajstić information content (AvgIpc) is 2.57. The lowest BCUT2D eigenvalue weighted by Gasteiger charge is -2.09. The molecule has 2 rings (SSSR count). The fourth-order valence-corrected chi connectivity index (χ4v) is 2.60. The summed E-state index contributed by atoms with van der Waals surface area (Å²) in [4.78, 5) is 11.5. The summed E-state index contributed by atoms with van der Waals surface area (Å²) < 4.78 is 32.0. The molecule has 0 spiro atoms. The van der Waals surface area contributed by atoms with Crippen LogP contribution in [0.25, 0.3) is 0 Å². The first-order valence-electron chi connectivity index (χ1n) is 7.55. The van der Waals surface area contributed by atoms with Gasteiger partial charge < -0.3 is 8.92 Å². The van der Waals surface area contributed by atoms with Gasteiger partial charge in [-0.25, -0.2) is 10.2 Å². The Morgan fingerprint density at radius 2 is 1.62 bits per heavy atom. The zero-order valence-electron chi connectivity index (χ0n) is 14.1. The van der Waals surface area contributed by atoms with Gasteiger partial charge in [0.2, 0.25) is 0 Å². The first-order valence-corrected chi connectivity index (χ1v) is 9.74. The molecule has 0 aliphatic heterocycles. The second-order valence-corrected chi connectivity index (χ2v) is 7.12. The number of nitrogens with one attached hydrogen (secondary N) is 1. The van der Waals surface area contributed by atoms with Crippen molar-refractivity contribution in [3.63, 3.8) is 0 Å². The molecule has 0 saturated heterocycles. The predicted octanol–water partition coefficient (Wildman–Crippen LogP) is 3.18. The summed E-state index contributed by atoms with van der Waals surface area (Å²) in [6.07, 6.45) is 0.279. The highest BCUT2D eigenvalue weighted by Crippen LogP contribution is 2.18. The van der Waals surface area contributed by atoms with Crippen molar-refractivity contribution in [2.75, 3.05) is 12.9 Å². The van der Waals surface area contributed by atoms with E-state index in [1.807, 2.05) is 0 Å². The number of benzene rings is 2. The van der Waals surface area contributed by atoms with E-state index in [-0.39, 0.29) is 12.4 Å². The van der Waals surface area contributed by atoms with Crippen molar-refractivity contribution in [2.45, 2.75) is 6.92 Å². The predicted molar refractivity (Wildman–Crippen MR) is 99.2 cm³/mol. The Labute approximate surface area is 156 Å². The van der Waals surface area contributed by atoms with E-state index >= 15 is 0 Å². The minimum Gasteiger partial charge on any atom is -0.449 e. The Bertz CT molecular complexity index is 894. The van der Waals surface area contributed by atoms with Crippen LogP contribution in [0.2, 0.25) is 5.02 Å². The quantitative estimate of drug-likeness (QED) is 0.459. The second-order valence-electron chi connectivity index (χ2n) is 5.11. The van der Waals surface area contributed by atoms with Gasteiger partial charge in [-0.05, 0) is 43.3 Å². The van der Waals surface area contributed by atoms with E-state index in [0.29, 0.717) is 21.9 Å². The van der Waals surface area contributed by atoms with Crippen molar-refractivity contribution in [1.29, 1.82) is 0 Å². The molecule has 0 saturated carbocycles. The van der Waals surface area contributed by atoms with Gasteiger partial charge in [-0.3, -0.25) is 0 Å². The van der Waals surface area contributed by atoms with Crippen LogP contribution in [0.3, 0.4) is 0 Å². The van der Waals surface area contributed by atoms with Crippen molar-refractivity contribution >= 4 is 33.5 Å². The molecule has 0 bridgehead atoms. The van der Waals surface area contributed by atoms with E-state index in [9.17, 15) is 13.2 Å². The van der Waals surface area contributed by atoms with Crippen LogP contribution in [-0.4, -0.2) is 33.1 Å². The lowest BCUT2D eigenvalue weighted by atomic mass is 10.0. The van der Waals surface area contributed by atoms with E-state index in [0.717, 1.165) is 6.26 Å². The molecule has 0 unspecified atom stereocenters. The van der Waals surface area contributed by atoms with E-state index in [4.69, 9.17) is 20.5 Å². The molecule has 7 nitrogen and oxygen atoms in total. The molecule has 0 aliphatic rings. The van der Waals surface area contributed by atoms with Gasteiger partial charge in [0.25, 0.3) is 0 Å². The SMILES string of the molecule is CCOC(=O)N/N=C(\c1ccc(Cl)cc1)c1ccc(OS(C)(=O)=O)cc1. The number of halogens is 1. The number of hydrogen-bond donors (Lipinski definition) is 1. The van der Waals surface area contributed by atoms with Crippen molar-refractivity contribution in [3.8, 4) is 5.75 Å². The highest BCUT2D eigenvalue weighted by Gasteiger charge is 2.11. The first kappa shape index (κ1) is 19.7. The lowest BCUT2D eigenvalue weighted by molar-refractivity contribution is 0.152. The van der Waals surface area contributed by atoms with Gasteiger partial charge in [0.1, 0.15) is 5.75 Å². The molecule has 2 aromatic carbocycles. The molecule has 26 heavy (non-hydrogen) atoms. The summed E-state index contributed by atoms with van der Waals surface area (Å²) in [5.74, 6) is 0.171. The molecular weight excluding hydrogens is 380 g/mol. The first-order chi connectivity index (χ1) is 12.3. The maximum atomic E-state index is 11.5. The van der Waals surface area contributed by atoms with Crippen LogP contribution in [0, 0.1) is 0 Å². The van der Waals surface area contributed by atoms with Crippen LogP contribution in [0.5, 0.6) is 5.75 Å². The number of hydrogen-bond acceptors (Lipinski definition) is 6. The number of nitrogens with zero attached hydrogens (tertiary/aromatic N) is 1. The monoisotopic (exact) mass is 396 g/mol. The molecule has 138 valence electrons. The smallest absolute Gasteiger partial charge is 0.427 e. The number of amides is 1. The Morgan fingerprint density at radius 1 is 1.08 bits per heavy atom. The van der Waals surface area contributed by atoms with Gasteiger partial charge in [0, 0.05) is 16.1 Å². The zero-order chi connectivity index (χ0) is 19.2. The number of rotatable bonds is 6. The van der Waals surface area contributed by atoms with Crippen LogP contribution in [0.15, 0.2) is 53.6 Å². The third-order valence-corrected chi connectivity index (χ3v) is 3.77. The lowest BCUT2D eigenvalue weighted by Crippen LogP contribution is -2.21. The summed E-state index contributed by atoms with van der Waals surface area (Å²) in [5, 5.41) is 4.67. The van der Waals surface area contributed by atoms with E-state index < -0.39 is 16.2 Å². The largest absolute Gasteiger partial charge is 0.449 e. The fourth-order valence-electron chi connectivity index (χ4n) is 2.01. The summed E-state index contributed by atoms with van der Waals surface area (Å²) in [6.45, 7) is 1.90. The minimum absolute atomic E-state index is 0.171. The number of hydrazone groups is 1. The van der Waals surface area contributed by atoms with Gasteiger partial charge in [-0.1, -0.05) is 23.7 Å². The van der Waals surface area contributed by atoms with E-state index in [1.54, 1.807) is 43.3 Å². The average molecular weight is 397 g/mol. The van der Waals surface area contributed by atoms with Crippen LogP contribution in [-0.2, 0) is 14.9 Å². The number of carbonyl (C=O) groups excluding carboxylic acids is 1. The summed E-state index contributed by atoms with van der Waals surface area (Å²) in [6, 6.07) is 13.1. The van der Waals surface area contributed by atoms with Crippen LogP contribution < -0.4 is 9.61 Å².